The highest BCUT2D eigenvalue weighted by Crippen LogP contribution is 2.25. The van der Waals surface area contributed by atoms with Crippen LogP contribution in [0.25, 0.3) is 11.5 Å². The van der Waals surface area contributed by atoms with Gasteiger partial charge in [0.25, 0.3) is 0 Å². The summed E-state index contributed by atoms with van der Waals surface area (Å²) in [5.74, 6) is 1.24. The largest absolute Gasteiger partial charge is 0.444 e. The smallest absolute Gasteiger partial charge is 0.226 e. The van der Waals surface area contributed by atoms with Crippen LogP contribution in [0.4, 0.5) is 0 Å². The van der Waals surface area contributed by atoms with Crippen LogP contribution in [0.1, 0.15) is 18.0 Å². The maximum absolute atomic E-state index is 5.52. The van der Waals surface area contributed by atoms with Gasteiger partial charge in [-0.25, -0.2) is 4.98 Å². The van der Waals surface area contributed by atoms with Crippen molar-refractivity contribution >= 4 is 0 Å². The molecule has 1 N–H and O–H groups in total. The summed E-state index contributed by atoms with van der Waals surface area (Å²) in [6.45, 7) is 2.10. The van der Waals surface area contributed by atoms with Gasteiger partial charge in [-0.05, 0) is 25.1 Å². The molecule has 1 aromatic carbocycles. The summed E-state index contributed by atoms with van der Waals surface area (Å²) in [6.07, 6.45) is 2.95. The summed E-state index contributed by atoms with van der Waals surface area (Å²) in [5, 5.41) is 3.34. The molecule has 1 aliphatic heterocycles. The van der Waals surface area contributed by atoms with E-state index in [4.69, 9.17) is 4.42 Å². The predicted molar refractivity (Wildman–Crippen MR) is 62.2 cm³/mol. The molecule has 82 valence electrons. The Morgan fingerprint density at radius 1 is 1.25 bits per heavy atom. The molecule has 0 amide bonds. The zero-order valence-corrected chi connectivity index (χ0v) is 9.02. The van der Waals surface area contributed by atoms with Gasteiger partial charge in [-0.15, -0.1) is 0 Å². The van der Waals surface area contributed by atoms with Crippen LogP contribution in [0.3, 0.4) is 0 Å². The summed E-state index contributed by atoms with van der Waals surface area (Å²) in [4.78, 5) is 4.56. The molecule has 0 bridgehead atoms. The number of nitrogens with one attached hydrogen (secondary N) is 1. The van der Waals surface area contributed by atoms with E-state index in [0.29, 0.717) is 5.92 Å². The van der Waals surface area contributed by atoms with Crippen LogP contribution in [0.5, 0.6) is 0 Å². The van der Waals surface area contributed by atoms with Crippen molar-refractivity contribution in [3.8, 4) is 11.5 Å². The standard InChI is InChI=1S/C13H14N2O/c1-2-4-10(5-3-1)13-15-12(9-16-13)11-6-7-14-8-11/h1-5,9,11,14H,6-8H2. The number of nitrogens with zero attached hydrogens (tertiary/aromatic N) is 1. The molecular formula is C13H14N2O. The average molecular weight is 214 g/mol. The van der Waals surface area contributed by atoms with Crippen LogP contribution in [0, 0.1) is 0 Å². The minimum absolute atomic E-state index is 0.515. The molecule has 2 aromatic rings. The second-order valence-electron chi connectivity index (χ2n) is 4.13. The Morgan fingerprint density at radius 3 is 2.88 bits per heavy atom. The van der Waals surface area contributed by atoms with Crippen molar-refractivity contribution in [3.05, 3.63) is 42.3 Å². The SMILES string of the molecule is c1ccc(-c2nc(C3CCNC3)co2)cc1. The zero-order chi connectivity index (χ0) is 10.8. The predicted octanol–water partition coefficient (Wildman–Crippen LogP) is 2.42. The molecule has 2 heterocycles. The summed E-state index contributed by atoms with van der Waals surface area (Å²) < 4.78 is 5.52. The minimum Gasteiger partial charge on any atom is -0.444 e. The van der Waals surface area contributed by atoms with E-state index < -0.39 is 0 Å². The Morgan fingerprint density at radius 2 is 2.12 bits per heavy atom. The van der Waals surface area contributed by atoms with E-state index in [1.165, 1.54) is 0 Å². The lowest BCUT2D eigenvalue weighted by molar-refractivity contribution is 0.570. The van der Waals surface area contributed by atoms with Crippen molar-refractivity contribution in [1.82, 2.24) is 10.3 Å². The highest BCUT2D eigenvalue weighted by molar-refractivity contribution is 5.52. The van der Waals surface area contributed by atoms with Crippen LogP contribution in [-0.2, 0) is 0 Å². The Bertz CT molecular complexity index is 458. The molecule has 0 spiro atoms. The summed E-state index contributed by atoms with van der Waals surface area (Å²) in [5.41, 5.74) is 2.11. The Balaban J connectivity index is 1.87. The molecule has 3 rings (SSSR count). The number of hydrogen-bond donors (Lipinski definition) is 1. The van der Waals surface area contributed by atoms with Gasteiger partial charge in [-0.2, -0.15) is 0 Å². The molecule has 1 atom stereocenters. The third-order valence-corrected chi connectivity index (χ3v) is 3.02. The third kappa shape index (κ3) is 1.74. The minimum atomic E-state index is 0.515. The van der Waals surface area contributed by atoms with E-state index >= 15 is 0 Å². The molecule has 1 saturated heterocycles. The molecule has 3 nitrogen and oxygen atoms in total. The monoisotopic (exact) mass is 214 g/mol. The van der Waals surface area contributed by atoms with Gasteiger partial charge >= 0.3 is 0 Å². The number of aromatic nitrogens is 1. The first-order valence-corrected chi connectivity index (χ1v) is 5.65. The highest BCUT2D eigenvalue weighted by Gasteiger charge is 2.20. The summed E-state index contributed by atoms with van der Waals surface area (Å²) in [7, 11) is 0. The summed E-state index contributed by atoms with van der Waals surface area (Å²) >= 11 is 0. The van der Waals surface area contributed by atoms with Crippen molar-refractivity contribution in [2.24, 2.45) is 0 Å². The van der Waals surface area contributed by atoms with Gasteiger partial charge in [-0.1, -0.05) is 18.2 Å². The molecule has 1 aromatic heterocycles. The summed E-state index contributed by atoms with van der Waals surface area (Å²) in [6, 6.07) is 10.0. The van der Waals surface area contributed by atoms with E-state index in [1.807, 2.05) is 30.3 Å². The molecule has 3 heteroatoms. The normalized spacial score (nSPS) is 20.1. The number of benzene rings is 1. The fraction of sp³-hybridized carbons (Fsp3) is 0.308. The van der Waals surface area contributed by atoms with E-state index in [-0.39, 0.29) is 0 Å². The van der Waals surface area contributed by atoms with Crippen LogP contribution in [0.15, 0.2) is 41.0 Å². The molecule has 16 heavy (non-hydrogen) atoms. The molecule has 1 fully saturated rings. The Hall–Kier alpha value is -1.61. The van der Waals surface area contributed by atoms with E-state index in [9.17, 15) is 0 Å². The Kier molecular flexibility index (Phi) is 2.46. The molecule has 0 saturated carbocycles. The van der Waals surface area contributed by atoms with Crippen LogP contribution in [-0.4, -0.2) is 18.1 Å². The second kappa shape index (κ2) is 4.10. The quantitative estimate of drug-likeness (QED) is 0.834. The second-order valence-corrected chi connectivity index (χ2v) is 4.13. The van der Waals surface area contributed by atoms with Crippen molar-refractivity contribution in [2.45, 2.75) is 12.3 Å². The van der Waals surface area contributed by atoms with E-state index in [2.05, 4.69) is 10.3 Å². The van der Waals surface area contributed by atoms with Gasteiger partial charge in [0.2, 0.25) is 5.89 Å². The first-order valence-electron chi connectivity index (χ1n) is 5.65. The number of oxazole rings is 1. The van der Waals surface area contributed by atoms with Crippen molar-refractivity contribution in [2.75, 3.05) is 13.1 Å². The van der Waals surface area contributed by atoms with E-state index in [0.717, 1.165) is 36.7 Å². The average Bonchev–Trinajstić information content (AvgIpc) is 3.01. The number of hydrogen-bond acceptors (Lipinski definition) is 3. The van der Waals surface area contributed by atoms with Crippen LogP contribution < -0.4 is 5.32 Å². The van der Waals surface area contributed by atoms with Crippen LogP contribution in [0.2, 0.25) is 0 Å². The highest BCUT2D eigenvalue weighted by atomic mass is 16.3. The maximum atomic E-state index is 5.52. The zero-order valence-electron chi connectivity index (χ0n) is 9.02. The topological polar surface area (TPSA) is 38.1 Å². The lowest BCUT2D eigenvalue weighted by Gasteiger charge is -2.00. The molecule has 1 aliphatic rings. The van der Waals surface area contributed by atoms with Gasteiger partial charge < -0.3 is 9.73 Å². The van der Waals surface area contributed by atoms with E-state index in [1.54, 1.807) is 6.26 Å². The first kappa shape index (κ1) is 9.60. The van der Waals surface area contributed by atoms with Crippen molar-refractivity contribution < 1.29 is 4.42 Å². The third-order valence-electron chi connectivity index (χ3n) is 3.02. The number of rotatable bonds is 2. The van der Waals surface area contributed by atoms with Crippen LogP contribution >= 0.6 is 0 Å². The molecular weight excluding hydrogens is 200 g/mol. The molecule has 0 aliphatic carbocycles. The Labute approximate surface area is 94.5 Å². The molecule has 0 radical (unpaired) electrons. The van der Waals surface area contributed by atoms with Gasteiger partial charge in [0.15, 0.2) is 0 Å². The lowest BCUT2D eigenvalue weighted by atomic mass is 10.1. The van der Waals surface area contributed by atoms with Gasteiger partial charge in [0.1, 0.15) is 6.26 Å². The fourth-order valence-electron chi connectivity index (χ4n) is 2.09. The maximum Gasteiger partial charge on any atom is 0.226 e. The molecule has 1 unspecified atom stereocenters. The lowest BCUT2D eigenvalue weighted by Crippen LogP contribution is -2.08. The van der Waals surface area contributed by atoms with Crippen molar-refractivity contribution in [3.63, 3.8) is 0 Å². The van der Waals surface area contributed by atoms with Gasteiger partial charge in [0, 0.05) is 18.0 Å². The first-order chi connectivity index (χ1) is 7.93. The van der Waals surface area contributed by atoms with Gasteiger partial charge in [-0.3, -0.25) is 0 Å². The van der Waals surface area contributed by atoms with Crippen molar-refractivity contribution in [1.29, 1.82) is 0 Å². The fourth-order valence-corrected chi connectivity index (χ4v) is 2.09. The van der Waals surface area contributed by atoms with Gasteiger partial charge in [0.05, 0.1) is 5.69 Å².